The lowest BCUT2D eigenvalue weighted by Crippen LogP contribution is -2.29. The van der Waals surface area contributed by atoms with Gasteiger partial charge in [0, 0.05) is 43.3 Å². The predicted molar refractivity (Wildman–Crippen MR) is 106 cm³/mol. The maximum Gasteiger partial charge on any atom is 0.257 e. The molecule has 0 fully saturated rings. The molecule has 0 atom stereocenters. The van der Waals surface area contributed by atoms with Crippen LogP contribution >= 0.6 is 0 Å². The van der Waals surface area contributed by atoms with E-state index in [4.69, 9.17) is 0 Å². The molecule has 1 aromatic heterocycles. The van der Waals surface area contributed by atoms with Gasteiger partial charge >= 0.3 is 0 Å². The van der Waals surface area contributed by atoms with E-state index in [1.807, 2.05) is 24.3 Å². The molecule has 0 bridgehead atoms. The van der Waals surface area contributed by atoms with Gasteiger partial charge in [-0.2, -0.15) is 0 Å². The summed E-state index contributed by atoms with van der Waals surface area (Å²) in [7, 11) is 3.37. The van der Waals surface area contributed by atoms with Crippen molar-refractivity contribution in [3.63, 3.8) is 0 Å². The van der Waals surface area contributed by atoms with Crippen molar-refractivity contribution >= 4 is 28.3 Å². The number of carbonyl (C=O) groups excluding carboxylic acids is 2. The molecule has 2 amide bonds. The molecule has 6 heteroatoms. The highest BCUT2D eigenvalue weighted by molar-refractivity contribution is 6.20. The number of halogens is 1. The Labute approximate surface area is 162 Å². The Morgan fingerprint density at radius 3 is 2.50 bits per heavy atom. The van der Waals surface area contributed by atoms with E-state index in [9.17, 15) is 14.0 Å². The Morgan fingerprint density at radius 2 is 1.79 bits per heavy atom. The number of benzene rings is 2. The van der Waals surface area contributed by atoms with Gasteiger partial charge < -0.3 is 14.8 Å². The van der Waals surface area contributed by atoms with E-state index >= 15 is 0 Å². The largest absolute Gasteiger partial charge is 0.354 e. The van der Waals surface area contributed by atoms with Crippen LogP contribution in [0.4, 0.5) is 4.39 Å². The third-order valence-corrected chi connectivity index (χ3v) is 4.96. The second-order valence-electron chi connectivity index (χ2n) is 7.02. The molecule has 0 unspecified atom stereocenters. The van der Waals surface area contributed by atoms with Crippen molar-refractivity contribution in [1.29, 1.82) is 0 Å². The summed E-state index contributed by atoms with van der Waals surface area (Å²) in [6.45, 7) is 0.426. The third kappa shape index (κ3) is 3.07. The van der Waals surface area contributed by atoms with Crippen molar-refractivity contribution < 1.29 is 14.0 Å². The molecule has 1 N–H and O–H groups in total. The number of nitrogens with zero attached hydrogens (tertiary/aromatic N) is 2. The zero-order valence-electron chi connectivity index (χ0n) is 15.7. The summed E-state index contributed by atoms with van der Waals surface area (Å²) in [6, 6.07) is 13.3. The maximum atomic E-state index is 13.2. The van der Waals surface area contributed by atoms with Gasteiger partial charge in [-0.3, -0.25) is 9.59 Å². The van der Waals surface area contributed by atoms with E-state index in [0.29, 0.717) is 24.1 Å². The summed E-state index contributed by atoms with van der Waals surface area (Å²) in [6.07, 6.45) is 2.21. The van der Waals surface area contributed by atoms with Crippen LogP contribution in [-0.2, 0) is 11.2 Å². The Bertz CT molecular complexity index is 1100. The fraction of sp³-hybridized carbons (Fsp3) is 0.182. The van der Waals surface area contributed by atoms with E-state index in [-0.39, 0.29) is 11.8 Å². The van der Waals surface area contributed by atoms with E-state index in [1.54, 1.807) is 20.3 Å². The minimum absolute atomic E-state index is 0.188. The second kappa shape index (κ2) is 6.96. The summed E-state index contributed by atoms with van der Waals surface area (Å²) in [5, 5.41) is 1.05. The molecular formula is C22H20FN3O2. The lowest BCUT2D eigenvalue weighted by molar-refractivity contribution is -0.122. The first kappa shape index (κ1) is 18.0. The molecule has 0 spiro atoms. The van der Waals surface area contributed by atoms with E-state index in [0.717, 1.165) is 22.2 Å². The molecule has 0 aliphatic carbocycles. The average molecular weight is 377 g/mol. The van der Waals surface area contributed by atoms with Crippen LogP contribution in [0.1, 0.15) is 21.6 Å². The van der Waals surface area contributed by atoms with Crippen LogP contribution in [0.25, 0.3) is 16.5 Å². The van der Waals surface area contributed by atoms with Crippen molar-refractivity contribution in [2.24, 2.45) is 0 Å². The molecule has 5 nitrogen and oxygen atoms in total. The molecule has 28 heavy (non-hydrogen) atoms. The lowest BCUT2D eigenvalue weighted by atomic mass is 10.0. The molecule has 1 aliphatic heterocycles. The van der Waals surface area contributed by atoms with E-state index in [1.165, 1.54) is 34.1 Å². The molecule has 1 aliphatic rings. The fourth-order valence-corrected chi connectivity index (χ4v) is 3.53. The van der Waals surface area contributed by atoms with Gasteiger partial charge in [-0.15, -0.1) is 0 Å². The molecule has 2 aromatic carbocycles. The number of aromatic nitrogens is 1. The number of para-hydroxylation sites is 1. The van der Waals surface area contributed by atoms with Crippen LogP contribution in [0.3, 0.4) is 0 Å². The minimum Gasteiger partial charge on any atom is -0.354 e. The van der Waals surface area contributed by atoms with Crippen molar-refractivity contribution in [3.8, 4) is 0 Å². The standard InChI is InChI=1S/C22H20FN3O2/c1-25(2)22(28)18-13-26(21(27)14-7-9-15(23)10-8-14)12-11-17-16-5-3-4-6-19(16)24-20(17)18/h3-10,13,24H,11-12H2,1-2H3. The molecular weight excluding hydrogens is 357 g/mol. The van der Waals surface area contributed by atoms with Gasteiger partial charge in [0.25, 0.3) is 11.8 Å². The van der Waals surface area contributed by atoms with Crippen LogP contribution < -0.4 is 0 Å². The number of hydrogen-bond acceptors (Lipinski definition) is 2. The smallest absolute Gasteiger partial charge is 0.257 e. The third-order valence-electron chi connectivity index (χ3n) is 4.96. The monoisotopic (exact) mass is 377 g/mol. The number of amides is 2. The van der Waals surface area contributed by atoms with Crippen LogP contribution in [0, 0.1) is 5.82 Å². The zero-order valence-corrected chi connectivity index (χ0v) is 15.7. The van der Waals surface area contributed by atoms with Crippen molar-refractivity contribution in [3.05, 3.63) is 77.4 Å². The van der Waals surface area contributed by atoms with Crippen LogP contribution in [0.15, 0.2) is 54.7 Å². The predicted octanol–water partition coefficient (Wildman–Crippen LogP) is 3.43. The summed E-state index contributed by atoms with van der Waals surface area (Å²) >= 11 is 0. The summed E-state index contributed by atoms with van der Waals surface area (Å²) in [5.41, 5.74) is 3.54. The molecule has 3 aromatic rings. The average Bonchev–Trinajstić information content (AvgIpc) is 2.95. The van der Waals surface area contributed by atoms with Gasteiger partial charge in [0.05, 0.1) is 11.3 Å². The fourth-order valence-electron chi connectivity index (χ4n) is 3.53. The summed E-state index contributed by atoms with van der Waals surface area (Å²) < 4.78 is 13.2. The van der Waals surface area contributed by atoms with Gasteiger partial charge in [-0.1, -0.05) is 18.2 Å². The molecule has 4 rings (SSSR count). The number of likely N-dealkylation sites (N-methyl/N-ethyl adjacent to an activating group) is 1. The van der Waals surface area contributed by atoms with Gasteiger partial charge in [0.15, 0.2) is 0 Å². The van der Waals surface area contributed by atoms with Crippen LogP contribution in [0.5, 0.6) is 0 Å². The highest BCUT2D eigenvalue weighted by atomic mass is 19.1. The molecule has 142 valence electrons. The number of fused-ring (bicyclic) bond motifs is 3. The highest BCUT2D eigenvalue weighted by Gasteiger charge is 2.27. The molecule has 2 heterocycles. The van der Waals surface area contributed by atoms with E-state index < -0.39 is 5.82 Å². The first-order chi connectivity index (χ1) is 13.5. The number of hydrogen-bond donors (Lipinski definition) is 1. The zero-order chi connectivity index (χ0) is 19.8. The first-order valence-electron chi connectivity index (χ1n) is 9.05. The Morgan fingerprint density at radius 1 is 1.07 bits per heavy atom. The van der Waals surface area contributed by atoms with Crippen molar-refractivity contribution in [2.75, 3.05) is 20.6 Å². The molecule has 0 radical (unpaired) electrons. The van der Waals surface area contributed by atoms with Gasteiger partial charge in [-0.05, 0) is 42.3 Å². The lowest BCUT2D eigenvalue weighted by Gasteiger charge is -2.19. The quantitative estimate of drug-likeness (QED) is 0.744. The Hall–Kier alpha value is -3.41. The number of nitrogens with one attached hydrogen (secondary N) is 1. The Balaban J connectivity index is 1.81. The summed E-state index contributed by atoms with van der Waals surface area (Å²) in [5.74, 6) is -0.849. The number of rotatable bonds is 2. The van der Waals surface area contributed by atoms with Crippen molar-refractivity contribution in [1.82, 2.24) is 14.8 Å². The molecule has 0 saturated heterocycles. The van der Waals surface area contributed by atoms with E-state index in [2.05, 4.69) is 4.98 Å². The molecule has 0 saturated carbocycles. The first-order valence-corrected chi connectivity index (χ1v) is 9.05. The number of H-pyrrole nitrogens is 1. The number of aromatic amines is 1. The van der Waals surface area contributed by atoms with Gasteiger partial charge in [0.2, 0.25) is 0 Å². The minimum atomic E-state index is -0.395. The second-order valence-corrected chi connectivity index (χ2v) is 7.02. The SMILES string of the molecule is CN(C)C(=O)C1=CN(C(=O)c2ccc(F)cc2)CCc2c1[nH]c1ccccc21. The van der Waals surface area contributed by atoms with Crippen LogP contribution in [0.2, 0.25) is 0 Å². The highest BCUT2D eigenvalue weighted by Crippen LogP contribution is 2.31. The number of carbonyl (C=O) groups is 2. The van der Waals surface area contributed by atoms with Crippen molar-refractivity contribution in [2.45, 2.75) is 6.42 Å². The van der Waals surface area contributed by atoms with Gasteiger partial charge in [-0.25, -0.2) is 4.39 Å². The summed E-state index contributed by atoms with van der Waals surface area (Å²) in [4.78, 5) is 32.2. The topological polar surface area (TPSA) is 56.4 Å². The normalized spacial score (nSPS) is 13.7. The maximum absolute atomic E-state index is 13.2. The van der Waals surface area contributed by atoms with Gasteiger partial charge in [0.1, 0.15) is 5.82 Å². The Kier molecular flexibility index (Phi) is 4.47. The van der Waals surface area contributed by atoms with Crippen LogP contribution in [-0.4, -0.2) is 47.2 Å².